The molecule has 100 valence electrons. The Hall–Kier alpha value is -1.33. The van der Waals surface area contributed by atoms with Crippen molar-refractivity contribution < 1.29 is 19.4 Å². The zero-order valence-electron chi connectivity index (χ0n) is 9.60. The molecule has 0 unspecified atom stereocenters. The third-order valence-corrected chi connectivity index (χ3v) is 3.02. The summed E-state index contributed by atoms with van der Waals surface area (Å²) in [6.07, 6.45) is 2.83. The van der Waals surface area contributed by atoms with Gasteiger partial charge in [0.05, 0.1) is 5.56 Å². The summed E-state index contributed by atoms with van der Waals surface area (Å²) in [5.74, 6) is -2.20. The number of nitrogens with two attached hydrogens (primary N) is 1. The molecule has 0 spiro atoms. The maximum absolute atomic E-state index is 13.3. The fourth-order valence-electron chi connectivity index (χ4n) is 1.87. The summed E-state index contributed by atoms with van der Waals surface area (Å²) in [6.45, 7) is 0. The molecule has 1 fully saturated rings. The third-order valence-electron chi connectivity index (χ3n) is 3.02. The molecule has 0 saturated heterocycles. The topological polar surface area (TPSA) is 83.6 Å². The molecule has 0 bridgehead atoms. The van der Waals surface area contributed by atoms with E-state index in [2.05, 4.69) is 0 Å². The lowest BCUT2D eigenvalue weighted by atomic mass is 9.98. The van der Waals surface area contributed by atoms with Crippen LogP contribution >= 0.6 is 12.4 Å². The van der Waals surface area contributed by atoms with Crippen LogP contribution in [-0.4, -0.2) is 16.2 Å². The summed E-state index contributed by atoms with van der Waals surface area (Å²) in [5, 5.41) is 18.4. The van der Waals surface area contributed by atoms with Gasteiger partial charge >= 0.3 is 5.97 Å². The fourth-order valence-corrected chi connectivity index (χ4v) is 1.87. The molecule has 6 heteroatoms. The Morgan fingerprint density at radius 1 is 1.50 bits per heavy atom. The second-order valence-corrected chi connectivity index (χ2v) is 4.49. The largest absolute Gasteiger partial charge is 0.505 e. The van der Waals surface area contributed by atoms with E-state index in [0.717, 1.165) is 18.9 Å². The molecule has 0 amide bonds. The molecular formula is C12H15ClFNO3. The highest BCUT2D eigenvalue weighted by molar-refractivity contribution is 5.88. The number of halogens is 2. The molecule has 0 aromatic heterocycles. The van der Waals surface area contributed by atoms with E-state index in [1.165, 1.54) is 6.07 Å². The van der Waals surface area contributed by atoms with Crippen LogP contribution in [-0.2, 0) is 0 Å². The molecule has 1 saturated carbocycles. The van der Waals surface area contributed by atoms with Gasteiger partial charge in [-0.1, -0.05) is 12.8 Å². The van der Waals surface area contributed by atoms with E-state index in [1.54, 1.807) is 0 Å². The molecule has 1 atom stereocenters. The van der Waals surface area contributed by atoms with Crippen molar-refractivity contribution in [2.45, 2.75) is 25.3 Å². The number of hydrogen-bond acceptors (Lipinski definition) is 3. The Bertz CT molecular complexity index is 463. The highest BCUT2D eigenvalue weighted by atomic mass is 35.5. The number of hydrogen-bond donors (Lipinski definition) is 3. The number of phenolic OH excluding ortho intramolecular Hbond substituents is 1. The Balaban J connectivity index is 0.00000162. The second-order valence-electron chi connectivity index (χ2n) is 4.49. The molecule has 1 aromatic rings. The normalized spacial score (nSPS) is 15.9. The Morgan fingerprint density at radius 3 is 2.61 bits per heavy atom. The smallest absolute Gasteiger partial charge is 0.335 e. The lowest BCUT2D eigenvalue weighted by Gasteiger charge is -2.14. The number of carbonyl (C=O) groups is 1. The van der Waals surface area contributed by atoms with Crippen molar-refractivity contribution in [1.82, 2.24) is 0 Å². The second kappa shape index (κ2) is 5.54. The Kier molecular flexibility index (Phi) is 4.53. The predicted octanol–water partition coefficient (Wildman–Crippen LogP) is 2.45. The molecule has 1 aromatic carbocycles. The van der Waals surface area contributed by atoms with E-state index in [-0.39, 0.29) is 23.5 Å². The molecule has 4 N–H and O–H groups in total. The van der Waals surface area contributed by atoms with Gasteiger partial charge in [-0.25, -0.2) is 9.18 Å². The van der Waals surface area contributed by atoms with E-state index < -0.39 is 23.6 Å². The Labute approximate surface area is 110 Å². The van der Waals surface area contributed by atoms with Gasteiger partial charge < -0.3 is 15.9 Å². The summed E-state index contributed by atoms with van der Waals surface area (Å²) in [6, 6.07) is 1.52. The molecule has 2 rings (SSSR count). The zero-order valence-corrected chi connectivity index (χ0v) is 10.4. The van der Waals surface area contributed by atoms with Gasteiger partial charge in [0.25, 0.3) is 0 Å². The van der Waals surface area contributed by atoms with E-state index in [4.69, 9.17) is 10.8 Å². The monoisotopic (exact) mass is 275 g/mol. The van der Waals surface area contributed by atoms with Crippen molar-refractivity contribution in [3.8, 4) is 5.75 Å². The number of aromatic hydroxyl groups is 1. The van der Waals surface area contributed by atoms with Crippen molar-refractivity contribution in [2.75, 3.05) is 0 Å². The van der Waals surface area contributed by atoms with Gasteiger partial charge in [-0.05, 0) is 24.5 Å². The minimum atomic E-state index is -1.23. The van der Waals surface area contributed by atoms with Gasteiger partial charge in [0.1, 0.15) is 0 Å². The highest BCUT2D eigenvalue weighted by Crippen LogP contribution is 2.39. The highest BCUT2D eigenvalue weighted by Gasteiger charge is 2.27. The van der Waals surface area contributed by atoms with Crippen LogP contribution in [0.5, 0.6) is 5.75 Å². The minimum Gasteiger partial charge on any atom is -0.505 e. The average molecular weight is 276 g/mol. The minimum absolute atomic E-state index is 0. The number of carboxylic acids is 1. The van der Waals surface area contributed by atoms with E-state index >= 15 is 0 Å². The van der Waals surface area contributed by atoms with Gasteiger partial charge in [0.2, 0.25) is 0 Å². The molecule has 1 aliphatic carbocycles. The van der Waals surface area contributed by atoms with Crippen molar-refractivity contribution in [1.29, 1.82) is 0 Å². The van der Waals surface area contributed by atoms with Crippen LogP contribution in [0.25, 0.3) is 0 Å². The van der Waals surface area contributed by atoms with Gasteiger partial charge in [-0.15, -0.1) is 12.4 Å². The first-order chi connectivity index (χ1) is 7.99. The van der Waals surface area contributed by atoms with Crippen LogP contribution < -0.4 is 5.73 Å². The molecule has 18 heavy (non-hydrogen) atoms. The van der Waals surface area contributed by atoms with E-state index in [1.807, 2.05) is 0 Å². The molecule has 1 aliphatic rings. The fraction of sp³-hybridized carbons (Fsp3) is 0.417. The standard InChI is InChI=1S/C12H14FNO3.ClH/c13-9-5-7(12(16)17)4-8(11(9)15)10(14)3-6-1-2-6;/h4-6,10,15H,1-3,14H2,(H,16,17);1H/t10-;/m0./s1. The van der Waals surface area contributed by atoms with E-state index in [9.17, 15) is 14.3 Å². The maximum atomic E-state index is 13.3. The summed E-state index contributed by atoms with van der Waals surface area (Å²) in [4.78, 5) is 10.8. The lowest BCUT2D eigenvalue weighted by Crippen LogP contribution is -2.13. The SMILES string of the molecule is Cl.N[C@@H](CC1CC1)c1cc(C(=O)O)cc(F)c1O. The molecule has 0 heterocycles. The molecule has 0 aliphatic heterocycles. The van der Waals surface area contributed by atoms with Crippen molar-refractivity contribution in [3.05, 3.63) is 29.1 Å². The van der Waals surface area contributed by atoms with Crippen LogP contribution in [0.15, 0.2) is 12.1 Å². The Morgan fingerprint density at radius 2 is 2.11 bits per heavy atom. The van der Waals surface area contributed by atoms with Crippen LogP contribution in [0.4, 0.5) is 4.39 Å². The first-order valence-corrected chi connectivity index (χ1v) is 5.50. The van der Waals surface area contributed by atoms with Crippen molar-refractivity contribution >= 4 is 18.4 Å². The number of rotatable bonds is 4. The third kappa shape index (κ3) is 3.11. The summed E-state index contributed by atoms with van der Waals surface area (Å²) in [5.41, 5.74) is 5.84. The summed E-state index contributed by atoms with van der Waals surface area (Å²) < 4.78 is 13.3. The zero-order chi connectivity index (χ0) is 12.6. The number of phenols is 1. The number of carboxylic acid groups (broad SMARTS) is 1. The average Bonchev–Trinajstić information content (AvgIpc) is 3.05. The van der Waals surface area contributed by atoms with Crippen molar-refractivity contribution in [2.24, 2.45) is 11.7 Å². The van der Waals surface area contributed by atoms with Crippen LogP contribution in [0.3, 0.4) is 0 Å². The lowest BCUT2D eigenvalue weighted by molar-refractivity contribution is 0.0696. The number of benzene rings is 1. The number of aromatic carboxylic acids is 1. The maximum Gasteiger partial charge on any atom is 0.335 e. The predicted molar refractivity (Wildman–Crippen MR) is 66.5 cm³/mol. The van der Waals surface area contributed by atoms with Gasteiger partial charge in [0.15, 0.2) is 11.6 Å². The first kappa shape index (κ1) is 14.7. The van der Waals surface area contributed by atoms with E-state index in [0.29, 0.717) is 12.3 Å². The van der Waals surface area contributed by atoms with Gasteiger partial charge in [-0.2, -0.15) is 0 Å². The van der Waals surface area contributed by atoms with Gasteiger partial charge in [-0.3, -0.25) is 0 Å². The first-order valence-electron chi connectivity index (χ1n) is 5.50. The van der Waals surface area contributed by atoms with Crippen molar-refractivity contribution in [3.63, 3.8) is 0 Å². The quantitative estimate of drug-likeness (QED) is 0.788. The summed E-state index contributed by atoms with van der Waals surface area (Å²) >= 11 is 0. The van der Waals surface area contributed by atoms with Crippen LogP contribution in [0, 0.1) is 11.7 Å². The molecule has 0 radical (unpaired) electrons. The molecule has 4 nitrogen and oxygen atoms in total. The van der Waals surface area contributed by atoms with Crippen LogP contribution in [0.2, 0.25) is 0 Å². The van der Waals surface area contributed by atoms with Gasteiger partial charge in [0, 0.05) is 11.6 Å². The summed E-state index contributed by atoms with van der Waals surface area (Å²) in [7, 11) is 0. The van der Waals surface area contributed by atoms with Crippen LogP contribution in [0.1, 0.15) is 41.2 Å². The molecular weight excluding hydrogens is 261 g/mol.